The van der Waals surface area contributed by atoms with Gasteiger partial charge in [-0.15, -0.1) is 0 Å². The topological polar surface area (TPSA) is 105 Å². The van der Waals surface area contributed by atoms with Gasteiger partial charge in [0.15, 0.2) is 0 Å². The van der Waals surface area contributed by atoms with Crippen molar-refractivity contribution < 1.29 is 38.3 Å². The van der Waals surface area contributed by atoms with Crippen molar-refractivity contribution in [3.8, 4) is 0 Å². The van der Waals surface area contributed by atoms with E-state index >= 15 is 0 Å². The van der Waals surface area contributed by atoms with E-state index in [1.54, 1.807) is 0 Å². The standard InChI is InChI=1S/C22H43NO8/c1-22(2,3)31-21(25)23-20-6-4-19(5-7-20)18-30-17-16-29-15-14-28-13-12-27-11-10-26-9-8-24/h19-20,24H,4-18H2,1-3H3,(H,23,25). The quantitative estimate of drug-likeness (QED) is 0.326. The lowest BCUT2D eigenvalue weighted by molar-refractivity contribution is -0.0166. The second-order valence-electron chi connectivity index (χ2n) is 8.61. The number of alkyl carbamates (subject to hydrolysis) is 1. The van der Waals surface area contributed by atoms with Gasteiger partial charge >= 0.3 is 6.09 Å². The first-order valence-electron chi connectivity index (χ1n) is 11.4. The molecule has 0 atom stereocenters. The fraction of sp³-hybridized carbons (Fsp3) is 0.955. The van der Waals surface area contributed by atoms with Crippen molar-refractivity contribution >= 4 is 6.09 Å². The summed E-state index contributed by atoms with van der Waals surface area (Å²) in [6.07, 6.45) is 3.68. The van der Waals surface area contributed by atoms with Crippen LogP contribution in [0, 0.1) is 5.92 Å². The first-order valence-corrected chi connectivity index (χ1v) is 11.4. The minimum atomic E-state index is -0.464. The second kappa shape index (κ2) is 17.6. The summed E-state index contributed by atoms with van der Waals surface area (Å²) in [7, 11) is 0. The highest BCUT2D eigenvalue weighted by atomic mass is 16.6. The predicted molar refractivity (Wildman–Crippen MR) is 116 cm³/mol. The van der Waals surface area contributed by atoms with E-state index in [4.69, 9.17) is 33.5 Å². The SMILES string of the molecule is CC(C)(C)OC(=O)NC1CCC(COCCOCCOCCOCCOCCO)CC1. The van der Waals surface area contributed by atoms with Gasteiger partial charge in [0, 0.05) is 12.6 Å². The molecule has 31 heavy (non-hydrogen) atoms. The van der Waals surface area contributed by atoms with E-state index in [0.29, 0.717) is 65.4 Å². The molecule has 0 heterocycles. The van der Waals surface area contributed by atoms with E-state index in [1.807, 2.05) is 20.8 Å². The van der Waals surface area contributed by atoms with Gasteiger partial charge in [-0.05, 0) is 52.4 Å². The number of amides is 1. The van der Waals surface area contributed by atoms with Gasteiger partial charge in [-0.25, -0.2) is 4.79 Å². The number of rotatable bonds is 17. The van der Waals surface area contributed by atoms with E-state index < -0.39 is 5.60 Å². The lowest BCUT2D eigenvalue weighted by atomic mass is 9.86. The van der Waals surface area contributed by atoms with Crippen LogP contribution in [0.2, 0.25) is 0 Å². The van der Waals surface area contributed by atoms with Crippen molar-refractivity contribution in [2.75, 3.05) is 72.7 Å². The number of hydrogen-bond acceptors (Lipinski definition) is 8. The summed E-state index contributed by atoms with van der Waals surface area (Å²) in [4.78, 5) is 11.8. The summed E-state index contributed by atoms with van der Waals surface area (Å²) in [6.45, 7) is 10.9. The maximum absolute atomic E-state index is 11.8. The third kappa shape index (κ3) is 17.3. The number of nitrogens with one attached hydrogen (secondary N) is 1. The van der Waals surface area contributed by atoms with Crippen LogP contribution in [0.15, 0.2) is 0 Å². The minimum Gasteiger partial charge on any atom is -0.444 e. The molecule has 1 saturated carbocycles. The lowest BCUT2D eigenvalue weighted by Crippen LogP contribution is -2.41. The van der Waals surface area contributed by atoms with Gasteiger partial charge in [0.25, 0.3) is 0 Å². The number of aliphatic hydroxyl groups excluding tert-OH is 1. The summed E-state index contributed by atoms with van der Waals surface area (Å²) >= 11 is 0. The Balaban J connectivity index is 1.84. The molecule has 0 aromatic carbocycles. The zero-order valence-corrected chi connectivity index (χ0v) is 19.6. The number of aliphatic hydroxyl groups is 1. The van der Waals surface area contributed by atoms with Crippen LogP contribution in [0.4, 0.5) is 4.79 Å². The molecule has 0 aromatic heterocycles. The summed E-state index contributed by atoms with van der Waals surface area (Å²) in [5.74, 6) is 0.536. The first-order chi connectivity index (χ1) is 14.9. The maximum Gasteiger partial charge on any atom is 0.407 e. The summed E-state index contributed by atoms with van der Waals surface area (Å²) in [6, 6.07) is 0.194. The van der Waals surface area contributed by atoms with Crippen molar-refractivity contribution in [1.82, 2.24) is 5.32 Å². The molecule has 0 saturated heterocycles. The van der Waals surface area contributed by atoms with Crippen LogP contribution in [0.5, 0.6) is 0 Å². The smallest absolute Gasteiger partial charge is 0.407 e. The van der Waals surface area contributed by atoms with Crippen molar-refractivity contribution in [2.24, 2.45) is 5.92 Å². The highest BCUT2D eigenvalue weighted by molar-refractivity contribution is 5.68. The second-order valence-corrected chi connectivity index (χ2v) is 8.61. The highest BCUT2D eigenvalue weighted by Gasteiger charge is 2.24. The molecule has 0 aromatic rings. The van der Waals surface area contributed by atoms with Crippen LogP contribution in [0.1, 0.15) is 46.5 Å². The average Bonchev–Trinajstić information content (AvgIpc) is 2.70. The molecule has 1 aliphatic carbocycles. The van der Waals surface area contributed by atoms with Crippen molar-refractivity contribution in [3.63, 3.8) is 0 Å². The van der Waals surface area contributed by atoms with Gasteiger partial charge in [-0.1, -0.05) is 0 Å². The number of carbonyl (C=O) groups is 1. The first kappa shape index (κ1) is 28.1. The molecule has 9 heteroatoms. The molecule has 0 unspecified atom stereocenters. The van der Waals surface area contributed by atoms with E-state index in [0.717, 1.165) is 32.3 Å². The van der Waals surface area contributed by atoms with Crippen LogP contribution in [0.3, 0.4) is 0 Å². The molecule has 0 spiro atoms. The lowest BCUT2D eigenvalue weighted by Gasteiger charge is -2.30. The zero-order valence-electron chi connectivity index (χ0n) is 19.6. The number of hydrogen-bond donors (Lipinski definition) is 2. The van der Waals surface area contributed by atoms with Crippen LogP contribution < -0.4 is 5.32 Å². The molecular formula is C22H43NO8. The van der Waals surface area contributed by atoms with Crippen LogP contribution in [-0.4, -0.2) is 95.5 Å². The van der Waals surface area contributed by atoms with E-state index in [9.17, 15) is 4.79 Å². The normalized spacial score (nSPS) is 19.4. The maximum atomic E-state index is 11.8. The molecule has 1 rings (SSSR count). The van der Waals surface area contributed by atoms with Crippen LogP contribution in [0.25, 0.3) is 0 Å². The Morgan fingerprint density at radius 3 is 1.68 bits per heavy atom. The van der Waals surface area contributed by atoms with Gasteiger partial charge < -0.3 is 38.8 Å². The van der Waals surface area contributed by atoms with Crippen molar-refractivity contribution in [2.45, 2.75) is 58.1 Å². The molecule has 0 bridgehead atoms. The molecule has 1 amide bonds. The Morgan fingerprint density at radius 2 is 1.23 bits per heavy atom. The predicted octanol–water partition coefficient (Wildman–Crippen LogP) is 2.15. The van der Waals surface area contributed by atoms with Crippen molar-refractivity contribution in [3.05, 3.63) is 0 Å². The molecular weight excluding hydrogens is 406 g/mol. The summed E-state index contributed by atoms with van der Waals surface area (Å²) < 4.78 is 32.4. The Labute approximate surface area is 187 Å². The largest absolute Gasteiger partial charge is 0.444 e. The number of carbonyl (C=O) groups excluding carboxylic acids is 1. The van der Waals surface area contributed by atoms with Crippen molar-refractivity contribution in [1.29, 1.82) is 0 Å². The third-order valence-electron chi connectivity index (χ3n) is 4.64. The molecule has 1 aliphatic rings. The van der Waals surface area contributed by atoms with Gasteiger partial charge in [0.05, 0.1) is 66.1 Å². The molecule has 0 radical (unpaired) electrons. The molecule has 2 N–H and O–H groups in total. The monoisotopic (exact) mass is 449 g/mol. The summed E-state index contributed by atoms with van der Waals surface area (Å²) in [5.41, 5.74) is -0.464. The molecule has 184 valence electrons. The highest BCUT2D eigenvalue weighted by Crippen LogP contribution is 2.24. The fourth-order valence-electron chi connectivity index (χ4n) is 3.14. The minimum absolute atomic E-state index is 0.0320. The van der Waals surface area contributed by atoms with Gasteiger partial charge in [-0.2, -0.15) is 0 Å². The van der Waals surface area contributed by atoms with E-state index in [2.05, 4.69) is 5.32 Å². The Hall–Kier alpha value is -0.970. The van der Waals surface area contributed by atoms with Gasteiger partial charge in [0.2, 0.25) is 0 Å². The van der Waals surface area contributed by atoms with Crippen LogP contribution in [-0.2, 0) is 28.4 Å². The average molecular weight is 450 g/mol. The molecule has 1 fully saturated rings. The zero-order chi connectivity index (χ0) is 22.8. The van der Waals surface area contributed by atoms with E-state index in [1.165, 1.54) is 0 Å². The molecule has 9 nitrogen and oxygen atoms in total. The Bertz CT molecular complexity index is 436. The third-order valence-corrected chi connectivity index (χ3v) is 4.64. The van der Waals surface area contributed by atoms with Crippen LogP contribution >= 0.6 is 0 Å². The van der Waals surface area contributed by atoms with Gasteiger partial charge in [-0.3, -0.25) is 0 Å². The Kier molecular flexibility index (Phi) is 15.9. The Morgan fingerprint density at radius 1 is 0.774 bits per heavy atom. The van der Waals surface area contributed by atoms with E-state index in [-0.39, 0.29) is 18.7 Å². The summed E-state index contributed by atoms with van der Waals surface area (Å²) in [5, 5.41) is 11.5. The van der Waals surface area contributed by atoms with Gasteiger partial charge in [0.1, 0.15) is 5.60 Å². The fourth-order valence-corrected chi connectivity index (χ4v) is 3.14. The number of ether oxygens (including phenoxy) is 6. The molecule has 0 aliphatic heterocycles.